The second-order valence-corrected chi connectivity index (χ2v) is 9.50. The van der Waals surface area contributed by atoms with Crippen LogP contribution >= 0.6 is 0 Å². The van der Waals surface area contributed by atoms with E-state index in [0.29, 0.717) is 17.7 Å². The van der Waals surface area contributed by atoms with E-state index < -0.39 is 21.0 Å². The van der Waals surface area contributed by atoms with Crippen molar-refractivity contribution in [2.75, 3.05) is 5.75 Å². The van der Waals surface area contributed by atoms with Crippen LogP contribution in [-0.2, 0) is 16.4 Å². The number of aryl methyl sites for hydroxylation is 2. The Bertz CT molecular complexity index is 1090. The Morgan fingerprint density at radius 2 is 1.93 bits per heavy atom. The number of hydrogen-bond acceptors (Lipinski definition) is 6. The van der Waals surface area contributed by atoms with Gasteiger partial charge < -0.3 is 5.11 Å². The highest BCUT2D eigenvalue weighted by atomic mass is 32.2. The van der Waals surface area contributed by atoms with Crippen LogP contribution < -0.4 is 0 Å². The van der Waals surface area contributed by atoms with E-state index in [1.165, 1.54) is 16.9 Å². The van der Waals surface area contributed by atoms with Gasteiger partial charge in [0.1, 0.15) is 5.56 Å². The fourth-order valence-electron chi connectivity index (χ4n) is 3.67. The Hall–Kier alpha value is -2.48. The molecule has 8 heteroatoms. The van der Waals surface area contributed by atoms with Crippen molar-refractivity contribution < 1.29 is 23.1 Å². The fourth-order valence-corrected chi connectivity index (χ4v) is 6.00. The van der Waals surface area contributed by atoms with E-state index in [1.54, 1.807) is 34.6 Å². The van der Waals surface area contributed by atoms with Gasteiger partial charge in [-0.2, -0.15) is 5.10 Å². The lowest BCUT2D eigenvalue weighted by molar-refractivity contribution is 0.0851. The maximum atomic E-state index is 13.0. The van der Waals surface area contributed by atoms with Crippen molar-refractivity contribution in [1.82, 2.24) is 9.78 Å². The highest BCUT2D eigenvalue weighted by Crippen LogP contribution is 2.40. The van der Waals surface area contributed by atoms with Gasteiger partial charge in [-0.1, -0.05) is 13.8 Å². The summed E-state index contributed by atoms with van der Waals surface area (Å²) in [5, 5.41) is 14.2. The lowest BCUT2D eigenvalue weighted by atomic mass is 9.81. The molecule has 0 saturated carbocycles. The number of ketones is 2. The van der Waals surface area contributed by atoms with Crippen LogP contribution in [0.1, 0.15) is 58.2 Å². The molecular formula is C19H22N2O5S. The summed E-state index contributed by atoms with van der Waals surface area (Å²) >= 11 is 0. The molecule has 1 aliphatic heterocycles. The monoisotopic (exact) mass is 390 g/mol. The Labute approximate surface area is 157 Å². The molecule has 2 heterocycles. The Morgan fingerprint density at radius 3 is 2.48 bits per heavy atom. The molecule has 0 radical (unpaired) electrons. The molecule has 27 heavy (non-hydrogen) atoms. The zero-order valence-corrected chi connectivity index (χ0v) is 16.8. The van der Waals surface area contributed by atoms with Crippen LogP contribution in [0, 0.1) is 19.3 Å². The SMILES string of the molecule is CCn1ncc(C(=O)c2cc(C)c3c(c2C)C(=O)C(C)(C)CS3(=O)=O)c1O. The lowest BCUT2D eigenvalue weighted by Crippen LogP contribution is -2.39. The summed E-state index contributed by atoms with van der Waals surface area (Å²) in [5.74, 6) is -1.31. The number of carbonyl (C=O) groups excluding carboxylic acids is 2. The first-order valence-corrected chi connectivity index (χ1v) is 10.3. The molecule has 7 nitrogen and oxygen atoms in total. The number of carbonyl (C=O) groups is 2. The van der Waals surface area contributed by atoms with Gasteiger partial charge in [-0.25, -0.2) is 13.1 Å². The van der Waals surface area contributed by atoms with Crippen LogP contribution in [0.2, 0.25) is 0 Å². The highest BCUT2D eigenvalue weighted by Gasteiger charge is 2.45. The average molecular weight is 390 g/mol. The number of Topliss-reactive ketones (excluding diaryl/α,β-unsaturated/α-hetero) is 1. The average Bonchev–Trinajstić information content (AvgIpc) is 2.93. The van der Waals surface area contributed by atoms with E-state index in [-0.39, 0.29) is 39.0 Å². The van der Waals surface area contributed by atoms with Gasteiger partial charge >= 0.3 is 0 Å². The van der Waals surface area contributed by atoms with E-state index in [2.05, 4.69) is 5.10 Å². The predicted octanol–water partition coefficient (Wildman–Crippen LogP) is 2.45. The van der Waals surface area contributed by atoms with Gasteiger partial charge in [0.15, 0.2) is 21.4 Å². The number of rotatable bonds is 3. The molecule has 144 valence electrons. The van der Waals surface area contributed by atoms with Gasteiger partial charge in [0.2, 0.25) is 5.88 Å². The molecule has 0 atom stereocenters. The Kier molecular flexibility index (Phi) is 4.30. The smallest absolute Gasteiger partial charge is 0.220 e. The van der Waals surface area contributed by atoms with Crippen molar-refractivity contribution in [2.24, 2.45) is 5.41 Å². The summed E-state index contributed by atoms with van der Waals surface area (Å²) in [4.78, 5) is 26.0. The van der Waals surface area contributed by atoms with E-state index in [1.807, 2.05) is 0 Å². The number of aromatic nitrogens is 2. The van der Waals surface area contributed by atoms with Crippen molar-refractivity contribution in [3.8, 4) is 5.88 Å². The second-order valence-electron chi connectivity index (χ2n) is 7.57. The number of benzene rings is 1. The molecule has 3 rings (SSSR count). The van der Waals surface area contributed by atoms with E-state index in [4.69, 9.17) is 0 Å². The van der Waals surface area contributed by atoms with Crippen LogP contribution in [0.15, 0.2) is 17.2 Å². The zero-order chi connectivity index (χ0) is 20.3. The lowest BCUT2D eigenvalue weighted by Gasteiger charge is -2.32. The summed E-state index contributed by atoms with van der Waals surface area (Å²) in [5.41, 5.74) is -0.115. The Morgan fingerprint density at radius 1 is 1.30 bits per heavy atom. The summed E-state index contributed by atoms with van der Waals surface area (Å²) in [6.45, 7) is 8.51. The summed E-state index contributed by atoms with van der Waals surface area (Å²) in [7, 11) is -3.65. The normalized spacial score (nSPS) is 17.6. The minimum atomic E-state index is -3.65. The van der Waals surface area contributed by atoms with Crippen molar-refractivity contribution >= 4 is 21.4 Å². The third kappa shape index (κ3) is 2.79. The fraction of sp³-hybridized carbons (Fsp3) is 0.421. The Balaban J connectivity index is 2.29. The van der Waals surface area contributed by atoms with Gasteiger partial charge in [-0.3, -0.25) is 9.59 Å². The van der Waals surface area contributed by atoms with Crippen LogP contribution in [-0.4, -0.2) is 40.6 Å². The third-order valence-corrected chi connectivity index (χ3v) is 7.28. The molecule has 1 aromatic carbocycles. The number of aromatic hydroxyl groups is 1. The first-order chi connectivity index (χ1) is 12.4. The molecule has 0 bridgehead atoms. The minimum absolute atomic E-state index is 0.00866. The topological polar surface area (TPSA) is 106 Å². The van der Waals surface area contributed by atoms with E-state index >= 15 is 0 Å². The van der Waals surface area contributed by atoms with Crippen molar-refractivity contribution in [2.45, 2.75) is 46.1 Å². The molecule has 0 aliphatic carbocycles. The largest absolute Gasteiger partial charge is 0.493 e. The van der Waals surface area contributed by atoms with Crippen molar-refractivity contribution in [3.63, 3.8) is 0 Å². The highest BCUT2D eigenvalue weighted by molar-refractivity contribution is 7.91. The molecule has 1 aliphatic rings. The molecule has 0 amide bonds. The summed E-state index contributed by atoms with van der Waals surface area (Å²) in [6, 6.07) is 1.47. The standard InChI is InChI=1S/C19H22N2O5S/c1-6-21-18(24)13(8-20-21)15(22)12-7-10(2)16-14(11(12)3)17(23)19(4,5)9-27(16,25)26/h7-8,24H,6,9H2,1-5H3. The van der Waals surface area contributed by atoms with E-state index in [9.17, 15) is 23.1 Å². The molecule has 1 aromatic heterocycles. The number of nitrogens with zero attached hydrogens (tertiary/aromatic N) is 2. The van der Waals surface area contributed by atoms with Gasteiger partial charge in [0.25, 0.3) is 0 Å². The molecule has 0 fully saturated rings. The van der Waals surface area contributed by atoms with Crippen LogP contribution in [0.25, 0.3) is 0 Å². The molecular weight excluding hydrogens is 368 g/mol. The third-order valence-electron chi connectivity index (χ3n) is 5.03. The number of hydrogen-bond donors (Lipinski definition) is 1. The molecule has 0 spiro atoms. The van der Waals surface area contributed by atoms with Crippen LogP contribution in [0.4, 0.5) is 0 Å². The first-order valence-electron chi connectivity index (χ1n) is 8.63. The van der Waals surface area contributed by atoms with E-state index in [0.717, 1.165) is 0 Å². The van der Waals surface area contributed by atoms with Crippen molar-refractivity contribution in [3.05, 3.63) is 40.1 Å². The molecule has 0 unspecified atom stereocenters. The molecule has 2 aromatic rings. The summed E-state index contributed by atoms with van der Waals surface area (Å²) < 4.78 is 26.8. The van der Waals surface area contributed by atoms with Crippen LogP contribution in [0.5, 0.6) is 5.88 Å². The first kappa shape index (κ1) is 19.3. The molecule has 0 saturated heterocycles. The maximum Gasteiger partial charge on any atom is 0.220 e. The second kappa shape index (κ2) is 6.02. The quantitative estimate of drug-likeness (QED) is 0.807. The van der Waals surface area contributed by atoms with Gasteiger partial charge in [-0.15, -0.1) is 0 Å². The molecule has 1 N–H and O–H groups in total. The number of sulfone groups is 1. The maximum absolute atomic E-state index is 13.0. The summed E-state index contributed by atoms with van der Waals surface area (Å²) in [6.07, 6.45) is 1.28. The van der Waals surface area contributed by atoms with Gasteiger partial charge in [0.05, 0.1) is 16.8 Å². The van der Waals surface area contributed by atoms with Crippen LogP contribution in [0.3, 0.4) is 0 Å². The minimum Gasteiger partial charge on any atom is -0.493 e. The number of fused-ring (bicyclic) bond motifs is 1. The van der Waals surface area contributed by atoms with Crippen molar-refractivity contribution in [1.29, 1.82) is 0 Å². The predicted molar refractivity (Wildman–Crippen MR) is 99.1 cm³/mol. The van der Waals surface area contributed by atoms with Gasteiger partial charge in [0, 0.05) is 23.1 Å². The van der Waals surface area contributed by atoms with Gasteiger partial charge in [-0.05, 0) is 38.0 Å². The zero-order valence-electron chi connectivity index (χ0n) is 16.0.